The van der Waals surface area contributed by atoms with E-state index in [0.717, 1.165) is 50.0 Å². The van der Waals surface area contributed by atoms with Crippen molar-refractivity contribution >= 4 is 16.7 Å². The van der Waals surface area contributed by atoms with Crippen LogP contribution in [-0.2, 0) is 4.74 Å². The second-order valence-electron chi connectivity index (χ2n) is 3.77. The van der Waals surface area contributed by atoms with Crippen molar-refractivity contribution in [2.75, 3.05) is 25.1 Å². The molecule has 0 saturated carbocycles. The largest absolute Gasteiger partial charge is 0.381 e. The average Bonchev–Trinajstić information content (AvgIpc) is 2.76. The molecule has 0 aliphatic carbocycles. The Balaban J connectivity index is 1.93. The van der Waals surface area contributed by atoms with Crippen molar-refractivity contribution in [3.05, 3.63) is 5.82 Å². The Hall–Kier alpha value is -0.680. The number of nitrogens with zero attached hydrogens (tertiary/aromatic N) is 2. The standard InChI is InChI=1S/C10H17N3OS/c1-2-5-11-10-12-9(13-15-10)8-3-6-14-7-4-8/h8H,2-7H2,1H3,(H,11,12,13). The molecule has 4 nitrogen and oxygen atoms in total. The monoisotopic (exact) mass is 227 g/mol. The molecule has 5 heteroatoms. The maximum atomic E-state index is 5.33. The van der Waals surface area contributed by atoms with Crippen LogP contribution in [0.2, 0.25) is 0 Å². The molecule has 84 valence electrons. The van der Waals surface area contributed by atoms with E-state index in [1.165, 1.54) is 11.5 Å². The number of hydrogen-bond donors (Lipinski definition) is 1. The molecule has 1 N–H and O–H groups in total. The third kappa shape index (κ3) is 2.89. The zero-order valence-corrected chi connectivity index (χ0v) is 9.85. The van der Waals surface area contributed by atoms with E-state index in [9.17, 15) is 0 Å². The molecular formula is C10H17N3OS. The molecule has 0 aromatic carbocycles. The van der Waals surface area contributed by atoms with E-state index in [0.29, 0.717) is 5.92 Å². The number of nitrogens with one attached hydrogen (secondary N) is 1. The quantitative estimate of drug-likeness (QED) is 0.857. The minimum absolute atomic E-state index is 0.507. The van der Waals surface area contributed by atoms with Crippen molar-refractivity contribution in [3.8, 4) is 0 Å². The molecule has 1 aromatic heterocycles. The first-order valence-electron chi connectivity index (χ1n) is 5.55. The zero-order chi connectivity index (χ0) is 10.5. The van der Waals surface area contributed by atoms with E-state index in [2.05, 4.69) is 21.6 Å². The molecule has 0 unspecified atom stereocenters. The van der Waals surface area contributed by atoms with E-state index in [1.54, 1.807) is 0 Å². The van der Waals surface area contributed by atoms with Crippen LogP contribution in [-0.4, -0.2) is 29.1 Å². The molecule has 0 radical (unpaired) electrons. The summed E-state index contributed by atoms with van der Waals surface area (Å²) in [5.74, 6) is 1.51. The minimum Gasteiger partial charge on any atom is -0.381 e. The number of aromatic nitrogens is 2. The molecule has 0 spiro atoms. The molecular weight excluding hydrogens is 210 g/mol. The smallest absolute Gasteiger partial charge is 0.202 e. The van der Waals surface area contributed by atoms with Gasteiger partial charge in [-0.05, 0) is 19.3 Å². The Kier molecular flexibility index (Phi) is 3.91. The predicted octanol–water partition coefficient (Wildman–Crippen LogP) is 2.25. The second kappa shape index (κ2) is 5.42. The van der Waals surface area contributed by atoms with Crippen molar-refractivity contribution in [1.82, 2.24) is 9.36 Å². The molecule has 2 rings (SSSR count). The lowest BCUT2D eigenvalue weighted by molar-refractivity contribution is 0.0838. The summed E-state index contributed by atoms with van der Waals surface area (Å²) in [5, 5.41) is 4.22. The normalized spacial score (nSPS) is 17.9. The first kappa shape index (κ1) is 10.8. The van der Waals surface area contributed by atoms with Gasteiger partial charge in [-0.15, -0.1) is 0 Å². The fourth-order valence-electron chi connectivity index (χ4n) is 1.66. The molecule has 1 aromatic rings. The summed E-state index contributed by atoms with van der Waals surface area (Å²) >= 11 is 1.47. The van der Waals surface area contributed by atoms with Gasteiger partial charge in [0.25, 0.3) is 0 Å². The number of hydrogen-bond acceptors (Lipinski definition) is 5. The second-order valence-corrected chi connectivity index (χ2v) is 4.52. The van der Waals surface area contributed by atoms with Gasteiger partial charge in [-0.1, -0.05) is 6.92 Å². The highest BCUT2D eigenvalue weighted by molar-refractivity contribution is 7.09. The Morgan fingerprint density at radius 3 is 3.00 bits per heavy atom. The predicted molar refractivity (Wildman–Crippen MR) is 61.5 cm³/mol. The molecule has 0 atom stereocenters. The van der Waals surface area contributed by atoms with Crippen LogP contribution in [0.15, 0.2) is 0 Å². The Morgan fingerprint density at radius 1 is 1.47 bits per heavy atom. The van der Waals surface area contributed by atoms with Gasteiger partial charge < -0.3 is 10.1 Å². The lowest BCUT2D eigenvalue weighted by atomic mass is 10.00. The summed E-state index contributed by atoms with van der Waals surface area (Å²) in [6.45, 7) is 4.82. The van der Waals surface area contributed by atoms with Gasteiger partial charge in [0, 0.05) is 37.2 Å². The molecule has 1 saturated heterocycles. The molecule has 0 amide bonds. The van der Waals surface area contributed by atoms with Gasteiger partial charge in [0.15, 0.2) is 0 Å². The average molecular weight is 227 g/mol. The van der Waals surface area contributed by atoms with E-state index in [-0.39, 0.29) is 0 Å². The van der Waals surface area contributed by atoms with Gasteiger partial charge in [0.2, 0.25) is 5.13 Å². The van der Waals surface area contributed by atoms with E-state index >= 15 is 0 Å². The van der Waals surface area contributed by atoms with Crippen molar-refractivity contribution in [2.45, 2.75) is 32.1 Å². The molecule has 1 aliphatic heterocycles. The fraction of sp³-hybridized carbons (Fsp3) is 0.800. The van der Waals surface area contributed by atoms with Crippen LogP contribution in [0.3, 0.4) is 0 Å². The Morgan fingerprint density at radius 2 is 2.27 bits per heavy atom. The summed E-state index contributed by atoms with van der Waals surface area (Å²) in [5.41, 5.74) is 0. The first-order valence-corrected chi connectivity index (χ1v) is 6.32. The molecule has 15 heavy (non-hydrogen) atoms. The first-order chi connectivity index (χ1) is 7.40. The van der Waals surface area contributed by atoms with Gasteiger partial charge in [0.05, 0.1) is 0 Å². The lowest BCUT2D eigenvalue weighted by Gasteiger charge is -2.18. The van der Waals surface area contributed by atoms with Crippen LogP contribution in [0.1, 0.15) is 37.9 Å². The third-order valence-corrected chi connectivity index (χ3v) is 3.24. The van der Waals surface area contributed by atoms with Crippen molar-refractivity contribution in [1.29, 1.82) is 0 Å². The van der Waals surface area contributed by atoms with Crippen molar-refractivity contribution in [2.24, 2.45) is 0 Å². The van der Waals surface area contributed by atoms with Gasteiger partial charge in [-0.3, -0.25) is 0 Å². The highest BCUT2D eigenvalue weighted by Gasteiger charge is 2.19. The van der Waals surface area contributed by atoms with E-state index in [4.69, 9.17) is 4.74 Å². The summed E-state index contributed by atoms with van der Waals surface area (Å²) in [6.07, 6.45) is 3.24. The van der Waals surface area contributed by atoms with Crippen LogP contribution in [0, 0.1) is 0 Å². The zero-order valence-electron chi connectivity index (χ0n) is 9.03. The number of rotatable bonds is 4. The van der Waals surface area contributed by atoms with Crippen LogP contribution in [0.25, 0.3) is 0 Å². The third-order valence-electron chi connectivity index (χ3n) is 2.55. The Labute approximate surface area is 94.2 Å². The van der Waals surface area contributed by atoms with Crippen LogP contribution in [0.4, 0.5) is 5.13 Å². The molecule has 0 bridgehead atoms. The van der Waals surface area contributed by atoms with Crippen molar-refractivity contribution in [3.63, 3.8) is 0 Å². The van der Waals surface area contributed by atoms with Gasteiger partial charge in [0.1, 0.15) is 5.82 Å². The van der Waals surface area contributed by atoms with Crippen LogP contribution in [0.5, 0.6) is 0 Å². The molecule has 2 heterocycles. The summed E-state index contributed by atoms with van der Waals surface area (Å²) in [4.78, 5) is 4.51. The van der Waals surface area contributed by atoms with E-state index < -0.39 is 0 Å². The van der Waals surface area contributed by atoms with Crippen LogP contribution >= 0.6 is 11.5 Å². The van der Waals surface area contributed by atoms with Gasteiger partial charge in [-0.25, -0.2) is 4.98 Å². The minimum atomic E-state index is 0.507. The highest BCUT2D eigenvalue weighted by Crippen LogP contribution is 2.26. The number of anilines is 1. The van der Waals surface area contributed by atoms with Gasteiger partial charge in [-0.2, -0.15) is 4.37 Å². The lowest BCUT2D eigenvalue weighted by Crippen LogP contribution is -2.15. The maximum absolute atomic E-state index is 5.33. The van der Waals surface area contributed by atoms with Crippen molar-refractivity contribution < 1.29 is 4.74 Å². The summed E-state index contributed by atoms with van der Waals surface area (Å²) in [6, 6.07) is 0. The molecule has 1 aliphatic rings. The Bertz CT molecular complexity index is 297. The maximum Gasteiger partial charge on any atom is 0.202 e. The highest BCUT2D eigenvalue weighted by atomic mass is 32.1. The summed E-state index contributed by atoms with van der Waals surface area (Å²) in [7, 11) is 0. The van der Waals surface area contributed by atoms with Crippen LogP contribution < -0.4 is 5.32 Å². The SMILES string of the molecule is CCCNc1nc(C2CCOCC2)ns1. The molecule has 1 fully saturated rings. The topological polar surface area (TPSA) is 47.0 Å². The number of ether oxygens (including phenoxy) is 1. The summed E-state index contributed by atoms with van der Waals surface area (Å²) < 4.78 is 9.73. The van der Waals surface area contributed by atoms with E-state index in [1.807, 2.05) is 0 Å². The fourth-order valence-corrected chi connectivity index (χ4v) is 2.33. The van der Waals surface area contributed by atoms with Gasteiger partial charge >= 0.3 is 0 Å².